The Morgan fingerprint density at radius 3 is 2.14 bits per heavy atom. The van der Waals surface area contributed by atoms with Crippen LogP contribution in [0.5, 0.6) is 0 Å². The normalized spacial score (nSPS) is 11.5. The van der Waals surface area contributed by atoms with Gasteiger partial charge in [-0.15, -0.1) is 0 Å². The molecule has 28 heavy (non-hydrogen) atoms. The molecule has 1 aromatic heterocycles. The van der Waals surface area contributed by atoms with E-state index in [1.807, 2.05) is 36.4 Å². The first-order valence-corrected chi connectivity index (χ1v) is 9.24. The van der Waals surface area contributed by atoms with Crippen molar-refractivity contribution in [3.63, 3.8) is 0 Å². The van der Waals surface area contributed by atoms with Crippen molar-refractivity contribution in [2.24, 2.45) is 5.73 Å². The van der Waals surface area contributed by atoms with Crippen LogP contribution < -0.4 is 22.3 Å². The number of hydrogen-bond acceptors (Lipinski definition) is 4. The Labute approximate surface area is 163 Å². The molecule has 2 aromatic carbocycles. The molecular formula is C22H24N4O2. The number of rotatable bonds is 8. The Hall–Kier alpha value is -3.54. The zero-order valence-corrected chi connectivity index (χ0v) is 15.5. The molecule has 0 radical (unpaired) electrons. The highest BCUT2D eigenvalue weighted by atomic mass is 16.2. The average molecular weight is 376 g/mol. The van der Waals surface area contributed by atoms with Gasteiger partial charge in [0, 0.05) is 30.7 Å². The smallest absolute Gasteiger partial charge is 0.328 e. The lowest BCUT2D eigenvalue weighted by molar-refractivity contribution is 0.574. The number of nitrogens with two attached hydrogens (primary N) is 1. The summed E-state index contributed by atoms with van der Waals surface area (Å²) in [6.45, 7) is 0.496. The standard InChI is InChI=1S/C22H24N4O2/c23-16-19(12-7-14-26-15-13-20(27)25-22(26)28)24-21(17-8-3-1-4-9-17)18-10-5-2-6-11-18/h1-6,8-11,13,15-16,21,24H,7,12,14,23H2,(H,25,27,28)/b19-16-. The van der Waals surface area contributed by atoms with Crippen LogP contribution in [-0.2, 0) is 6.54 Å². The van der Waals surface area contributed by atoms with E-state index in [0.717, 1.165) is 16.8 Å². The summed E-state index contributed by atoms with van der Waals surface area (Å²) in [5, 5.41) is 3.54. The molecule has 0 saturated carbocycles. The first-order valence-electron chi connectivity index (χ1n) is 9.24. The molecule has 144 valence electrons. The minimum Gasteiger partial charge on any atom is -0.403 e. The number of aromatic amines is 1. The van der Waals surface area contributed by atoms with Crippen LogP contribution in [-0.4, -0.2) is 9.55 Å². The van der Waals surface area contributed by atoms with E-state index in [1.165, 1.54) is 16.8 Å². The summed E-state index contributed by atoms with van der Waals surface area (Å²) < 4.78 is 1.49. The van der Waals surface area contributed by atoms with Gasteiger partial charge in [-0.2, -0.15) is 0 Å². The number of aryl methyl sites for hydroxylation is 1. The van der Waals surface area contributed by atoms with Gasteiger partial charge in [0.2, 0.25) is 0 Å². The van der Waals surface area contributed by atoms with Crippen LogP contribution in [0.2, 0.25) is 0 Å². The van der Waals surface area contributed by atoms with Gasteiger partial charge in [-0.25, -0.2) is 4.79 Å². The highest BCUT2D eigenvalue weighted by Crippen LogP contribution is 2.23. The first kappa shape index (κ1) is 19.2. The number of nitrogens with one attached hydrogen (secondary N) is 2. The first-order chi connectivity index (χ1) is 13.7. The van der Waals surface area contributed by atoms with Gasteiger partial charge < -0.3 is 15.6 Å². The Kier molecular flexibility index (Phi) is 6.46. The Morgan fingerprint density at radius 2 is 1.61 bits per heavy atom. The topological polar surface area (TPSA) is 92.9 Å². The molecule has 0 amide bonds. The van der Waals surface area contributed by atoms with Gasteiger partial charge in [-0.1, -0.05) is 60.7 Å². The summed E-state index contributed by atoms with van der Waals surface area (Å²) in [5.41, 5.74) is 8.26. The third-order valence-corrected chi connectivity index (χ3v) is 4.54. The fraction of sp³-hybridized carbons (Fsp3) is 0.182. The molecule has 0 bridgehead atoms. The second-order valence-electron chi connectivity index (χ2n) is 6.50. The summed E-state index contributed by atoms with van der Waals surface area (Å²) in [5.74, 6) is 0. The van der Waals surface area contributed by atoms with Gasteiger partial charge in [0.05, 0.1) is 6.04 Å². The molecule has 3 rings (SSSR count). The lowest BCUT2D eigenvalue weighted by Crippen LogP contribution is -2.29. The number of allylic oxidation sites excluding steroid dienone is 1. The molecule has 0 saturated heterocycles. The monoisotopic (exact) mass is 376 g/mol. The van der Waals surface area contributed by atoms with Crippen molar-refractivity contribution in [3.05, 3.63) is 117 Å². The molecular weight excluding hydrogens is 352 g/mol. The Morgan fingerprint density at radius 1 is 1.00 bits per heavy atom. The van der Waals surface area contributed by atoms with Crippen LogP contribution in [0.4, 0.5) is 0 Å². The highest BCUT2D eigenvalue weighted by Gasteiger charge is 2.14. The quantitative estimate of drug-likeness (QED) is 0.563. The van der Waals surface area contributed by atoms with Crippen molar-refractivity contribution in [3.8, 4) is 0 Å². The van der Waals surface area contributed by atoms with Crippen LogP contribution in [0.15, 0.2) is 94.4 Å². The average Bonchev–Trinajstić information content (AvgIpc) is 2.73. The van der Waals surface area contributed by atoms with E-state index >= 15 is 0 Å². The fourth-order valence-electron chi connectivity index (χ4n) is 3.10. The highest BCUT2D eigenvalue weighted by molar-refractivity contribution is 5.32. The largest absolute Gasteiger partial charge is 0.403 e. The van der Waals surface area contributed by atoms with Gasteiger partial charge in [-0.3, -0.25) is 9.78 Å². The van der Waals surface area contributed by atoms with Crippen LogP contribution >= 0.6 is 0 Å². The molecule has 0 aliphatic heterocycles. The minimum absolute atomic E-state index is 0.0204. The number of H-pyrrole nitrogens is 1. The van der Waals surface area contributed by atoms with Gasteiger partial charge in [0.15, 0.2) is 0 Å². The fourth-order valence-corrected chi connectivity index (χ4v) is 3.10. The summed E-state index contributed by atoms with van der Waals surface area (Å²) in [4.78, 5) is 25.2. The van der Waals surface area contributed by atoms with E-state index in [4.69, 9.17) is 5.73 Å². The third kappa shape index (κ3) is 5.01. The lowest BCUT2D eigenvalue weighted by atomic mass is 9.98. The SMILES string of the molecule is N/C=C(/CCCn1ccc(=O)[nH]c1=O)NC(c1ccccc1)c1ccccc1. The Bertz CT molecular complexity index is 984. The van der Waals surface area contributed by atoms with Gasteiger partial charge in [-0.05, 0) is 24.0 Å². The van der Waals surface area contributed by atoms with Crippen molar-refractivity contribution >= 4 is 0 Å². The maximum Gasteiger partial charge on any atom is 0.328 e. The number of aromatic nitrogens is 2. The predicted octanol–water partition coefficient (Wildman–Crippen LogP) is 2.50. The van der Waals surface area contributed by atoms with E-state index in [-0.39, 0.29) is 11.6 Å². The zero-order valence-electron chi connectivity index (χ0n) is 15.5. The zero-order chi connectivity index (χ0) is 19.8. The lowest BCUT2D eigenvalue weighted by Gasteiger charge is -2.23. The molecule has 0 unspecified atom stereocenters. The van der Waals surface area contributed by atoms with Gasteiger partial charge in [0.25, 0.3) is 5.56 Å². The summed E-state index contributed by atoms with van der Waals surface area (Å²) in [7, 11) is 0. The number of hydrogen-bond donors (Lipinski definition) is 3. The van der Waals surface area contributed by atoms with Crippen molar-refractivity contribution in [2.75, 3.05) is 0 Å². The summed E-state index contributed by atoms with van der Waals surface area (Å²) in [6.07, 6.45) is 4.47. The van der Waals surface area contributed by atoms with Crippen molar-refractivity contribution in [2.45, 2.75) is 25.4 Å². The van der Waals surface area contributed by atoms with Gasteiger partial charge >= 0.3 is 5.69 Å². The van der Waals surface area contributed by atoms with Gasteiger partial charge in [0.1, 0.15) is 0 Å². The minimum atomic E-state index is -0.398. The van der Waals surface area contributed by atoms with E-state index in [0.29, 0.717) is 19.4 Å². The molecule has 1 heterocycles. The van der Waals surface area contributed by atoms with Crippen LogP contribution in [0.3, 0.4) is 0 Å². The van der Waals surface area contributed by atoms with E-state index in [1.54, 1.807) is 6.20 Å². The molecule has 0 atom stereocenters. The van der Waals surface area contributed by atoms with Crippen LogP contribution in [0, 0.1) is 0 Å². The van der Waals surface area contributed by atoms with Crippen LogP contribution in [0.25, 0.3) is 0 Å². The van der Waals surface area contributed by atoms with E-state index in [2.05, 4.69) is 34.6 Å². The maximum absolute atomic E-state index is 11.8. The Balaban J connectivity index is 1.70. The van der Waals surface area contributed by atoms with Crippen molar-refractivity contribution in [1.29, 1.82) is 0 Å². The van der Waals surface area contributed by atoms with E-state index < -0.39 is 5.69 Å². The molecule has 0 fully saturated rings. The second-order valence-corrected chi connectivity index (χ2v) is 6.50. The molecule has 0 aliphatic rings. The molecule has 0 spiro atoms. The predicted molar refractivity (Wildman–Crippen MR) is 111 cm³/mol. The molecule has 4 N–H and O–H groups in total. The van der Waals surface area contributed by atoms with Crippen molar-refractivity contribution in [1.82, 2.24) is 14.9 Å². The number of nitrogens with zero attached hydrogens (tertiary/aromatic N) is 1. The molecule has 0 aliphatic carbocycles. The summed E-state index contributed by atoms with van der Waals surface area (Å²) in [6, 6.07) is 21.7. The summed E-state index contributed by atoms with van der Waals surface area (Å²) >= 11 is 0. The van der Waals surface area contributed by atoms with Crippen molar-refractivity contribution < 1.29 is 0 Å². The molecule has 6 nitrogen and oxygen atoms in total. The maximum atomic E-state index is 11.8. The number of benzene rings is 2. The molecule has 3 aromatic rings. The third-order valence-electron chi connectivity index (χ3n) is 4.54. The van der Waals surface area contributed by atoms with E-state index in [9.17, 15) is 9.59 Å². The van der Waals surface area contributed by atoms with Crippen LogP contribution in [0.1, 0.15) is 30.0 Å². The second kappa shape index (κ2) is 9.41. The molecule has 6 heteroatoms.